The number of nitrogens with two attached hydrogens (primary N) is 1. The van der Waals surface area contributed by atoms with Crippen molar-refractivity contribution in [1.82, 2.24) is 0 Å². The SMILES string of the molecule is NCC1CCCCC1(F)C(F)(F)F. The second-order valence-corrected chi connectivity index (χ2v) is 3.54. The average molecular weight is 199 g/mol. The molecule has 0 saturated heterocycles. The first-order chi connectivity index (χ1) is 5.92. The summed E-state index contributed by atoms with van der Waals surface area (Å²) in [5.41, 5.74) is 2.09. The summed E-state index contributed by atoms with van der Waals surface area (Å²) in [5.74, 6) is -1.05. The summed E-state index contributed by atoms with van der Waals surface area (Å²) in [6.07, 6.45) is -4.02. The fraction of sp³-hybridized carbons (Fsp3) is 1.00. The second kappa shape index (κ2) is 3.44. The third-order valence-electron chi connectivity index (χ3n) is 2.75. The highest BCUT2D eigenvalue weighted by atomic mass is 19.4. The van der Waals surface area contributed by atoms with E-state index in [2.05, 4.69) is 0 Å². The van der Waals surface area contributed by atoms with Crippen molar-refractivity contribution in [2.24, 2.45) is 11.7 Å². The summed E-state index contributed by atoms with van der Waals surface area (Å²) in [5, 5.41) is 0. The van der Waals surface area contributed by atoms with E-state index in [0.717, 1.165) is 0 Å². The van der Waals surface area contributed by atoms with Gasteiger partial charge in [0.1, 0.15) is 0 Å². The van der Waals surface area contributed by atoms with E-state index in [4.69, 9.17) is 5.73 Å². The molecule has 13 heavy (non-hydrogen) atoms. The monoisotopic (exact) mass is 199 g/mol. The van der Waals surface area contributed by atoms with Gasteiger partial charge in [-0.2, -0.15) is 13.2 Å². The molecule has 2 atom stereocenters. The molecule has 0 amide bonds. The Kier molecular flexibility index (Phi) is 2.85. The third-order valence-corrected chi connectivity index (χ3v) is 2.75. The molecule has 0 aromatic heterocycles. The van der Waals surface area contributed by atoms with Crippen LogP contribution in [0.4, 0.5) is 17.6 Å². The lowest BCUT2D eigenvalue weighted by atomic mass is 9.76. The molecule has 0 aromatic rings. The maximum Gasteiger partial charge on any atom is 0.422 e. The quantitative estimate of drug-likeness (QED) is 0.645. The van der Waals surface area contributed by atoms with E-state index in [-0.39, 0.29) is 13.0 Å². The zero-order valence-electron chi connectivity index (χ0n) is 7.20. The fourth-order valence-electron chi connectivity index (χ4n) is 1.88. The summed E-state index contributed by atoms with van der Waals surface area (Å²) in [6.45, 7) is -0.226. The van der Waals surface area contributed by atoms with Crippen molar-refractivity contribution in [3.8, 4) is 0 Å². The van der Waals surface area contributed by atoms with Gasteiger partial charge < -0.3 is 5.73 Å². The van der Waals surface area contributed by atoms with Crippen LogP contribution in [0.1, 0.15) is 25.7 Å². The van der Waals surface area contributed by atoms with Crippen LogP contribution in [0.25, 0.3) is 0 Å². The Balaban J connectivity index is 2.83. The molecule has 0 heterocycles. The molecule has 2 unspecified atom stereocenters. The van der Waals surface area contributed by atoms with Crippen LogP contribution in [0.2, 0.25) is 0 Å². The van der Waals surface area contributed by atoms with E-state index in [1.54, 1.807) is 0 Å². The minimum absolute atomic E-state index is 0.226. The second-order valence-electron chi connectivity index (χ2n) is 3.54. The van der Waals surface area contributed by atoms with E-state index in [0.29, 0.717) is 12.8 Å². The normalized spacial score (nSPS) is 36.2. The lowest BCUT2D eigenvalue weighted by Gasteiger charge is -2.38. The fourth-order valence-corrected chi connectivity index (χ4v) is 1.88. The molecule has 1 rings (SSSR count). The molecular formula is C8H13F4N. The highest BCUT2D eigenvalue weighted by Crippen LogP contribution is 2.47. The highest BCUT2D eigenvalue weighted by Gasteiger charge is 2.60. The van der Waals surface area contributed by atoms with Gasteiger partial charge in [0.2, 0.25) is 5.67 Å². The first kappa shape index (κ1) is 10.8. The van der Waals surface area contributed by atoms with E-state index in [1.807, 2.05) is 0 Å². The largest absolute Gasteiger partial charge is 0.422 e. The predicted molar refractivity (Wildman–Crippen MR) is 40.9 cm³/mol. The van der Waals surface area contributed by atoms with Crippen molar-refractivity contribution in [1.29, 1.82) is 0 Å². The standard InChI is InChI=1S/C8H13F4N/c9-7(8(10,11)12)4-2-1-3-6(7)5-13/h6H,1-5,13H2. The summed E-state index contributed by atoms with van der Waals surface area (Å²) in [7, 11) is 0. The molecule has 1 aliphatic rings. The first-order valence-electron chi connectivity index (χ1n) is 4.37. The number of alkyl halides is 4. The van der Waals surface area contributed by atoms with Gasteiger partial charge >= 0.3 is 6.18 Å². The van der Waals surface area contributed by atoms with Crippen molar-refractivity contribution in [2.45, 2.75) is 37.5 Å². The first-order valence-corrected chi connectivity index (χ1v) is 4.37. The van der Waals surface area contributed by atoms with Gasteiger partial charge in [-0.25, -0.2) is 4.39 Å². The molecule has 1 nitrogen and oxygen atoms in total. The van der Waals surface area contributed by atoms with Crippen LogP contribution in [0.5, 0.6) is 0 Å². The molecule has 1 aliphatic carbocycles. The van der Waals surface area contributed by atoms with Crippen molar-refractivity contribution in [3.05, 3.63) is 0 Å². The van der Waals surface area contributed by atoms with Crippen LogP contribution in [-0.2, 0) is 0 Å². The Labute approximate surface area is 74.3 Å². The van der Waals surface area contributed by atoms with Gasteiger partial charge in [0, 0.05) is 5.92 Å². The average Bonchev–Trinajstić information content (AvgIpc) is 2.03. The Hall–Kier alpha value is -0.320. The maximum absolute atomic E-state index is 13.5. The zero-order valence-corrected chi connectivity index (χ0v) is 7.20. The molecule has 2 N–H and O–H groups in total. The topological polar surface area (TPSA) is 26.0 Å². The van der Waals surface area contributed by atoms with Crippen LogP contribution >= 0.6 is 0 Å². The zero-order chi connectivity index (χ0) is 10.1. The molecule has 0 aromatic carbocycles. The summed E-state index contributed by atoms with van der Waals surface area (Å²) in [4.78, 5) is 0. The van der Waals surface area contributed by atoms with Gasteiger partial charge in [-0.3, -0.25) is 0 Å². The van der Waals surface area contributed by atoms with Crippen molar-refractivity contribution in [2.75, 3.05) is 6.54 Å². The van der Waals surface area contributed by atoms with Gasteiger partial charge in [0.05, 0.1) is 0 Å². The van der Waals surface area contributed by atoms with Gasteiger partial charge in [-0.15, -0.1) is 0 Å². The van der Waals surface area contributed by atoms with Crippen LogP contribution in [0, 0.1) is 5.92 Å². The maximum atomic E-state index is 13.5. The Morgan fingerprint density at radius 2 is 1.92 bits per heavy atom. The predicted octanol–water partition coefficient (Wildman–Crippen LogP) is 2.41. The smallest absolute Gasteiger partial charge is 0.330 e. The molecular weight excluding hydrogens is 186 g/mol. The Morgan fingerprint density at radius 3 is 2.31 bits per heavy atom. The van der Waals surface area contributed by atoms with Crippen LogP contribution in [-0.4, -0.2) is 18.4 Å². The number of hydrogen-bond acceptors (Lipinski definition) is 1. The molecule has 0 spiro atoms. The minimum Gasteiger partial charge on any atom is -0.330 e. The summed E-state index contributed by atoms with van der Waals surface area (Å²) >= 11 is 0. The molecule has 0 radical (unpaired) electrons. The molecule has 1 fully saturated rings. The van der Waals surface area contributed by atoms with E-state index in [9.17, 15) is 17.6 Å². The van der Waals surface area contributed by atoms with Crippen molar-refractivity contribution < 1.29 is 17.6 Å². The molecule has 0 bridgehead atoms. The molecule has 1 saturated carbocycles. The lowest BCUT2D eigenvalue weighted by Crippen LogP contribution is -2.51. The van der Waals surface area contributed by atoms with Crippen LogP contribution < -0.4 is 5.73 Å². The van der Waals surface area contributed by atoms with Crippen molar-refractivity contribution >= 4 is 0 Å². The summed E-state index contributed by atoms with van der Waals surface area (Å²) < 4.78 is 50.5. The van der Waals surface area contributed by atoms with Crippen LogP contribution in [0.15, 0.2) is 0 Å². The van der Waals surface area contributed by atoms with Gasteiger partial charge in [-0.1, -0.05) is 6.42 Å². The van der Waals surface area contributed by atoms with E-state index < -0.39 is 24.2 Å². The Morgan fingerprint density at radius 1 is 1.31 bits per heavy atom. The number of hydrogen-bond donors (Lipinski definition) is 1. The highest BCUT2D eigenvalue weighted by molar-refractivity contribution is 4.96. The lowest BCUT2D eigenvalue weighted by molar-refractivity contribution is -0.256. The van der Waals surface area contributed by atoms with E-state index in [1.165, 1.54) is 0 Å². The summed E-state index contributed by atoms with van der Waals surface area (Å²) in [6, 6.07) is 0. The minimum atomic E-state index is -4.77. The van der Waals surface area contributed by atoms with Crippen molar-refractivity contribution in [3.63, 3.8) is 0 Å². The van der Waals surface area contributed by atoms with Gasteiger partial charge in [0.25, 0.3) is 0 Å². The van der Waals surface area contributed by atoms with Gasteiger partial charge in [-0.05, 0) is 25.8 Å². The molecule has 5 heteroatoms. The Bertz CT molecular complexity index is 179. The third kappa shape index (κ3) is 1.80. The molecule has 0 aliphatic heterocycles. The number of rotatable bonds is 1. The molecule has 78 valence electrons. The van der Waals surface area contributed by atoms with E-state index >= 15 is 0 Å². The number of halogens is 4. The van der Waals surface area contributed by atoms with Crippen LogP contribution in [0.3, 0.4) is 0 Å². The van der Waals surface area contributed by atoms with Gasteiger partial charge in [0.15, 0.2) is 0 Å².